The number of amides is 4. The number of carboxylic acids is 2. The Morgan fingerprint density at radius 1 is 0.333 bits per heavy atom. The second kappa shape index (κ2) is 72.2. The highest BCUT2D eigenvalue weighted by molar-refractivity contribution is 5.78. The van der Waals surface area contributed by atoms with Crippen LogP contribution >= 0.6 is 0 Å². The molecule has 0 atom stereocenters. The van der Waals surface area contributed by atoms with Crippen LogP contribution < -0.4 is 27.4 Å². The van der Waals surface area contributed by atoms with E-state index < -0.39 is 11.9 Å². The van der Waals surface area contributed by atoms with E-state index in [9.17, 15) is 33.6 Å². The highest BCUT2D eigenvalue weighted by atomic mass is 16.6. The van der Waals surface area contributed by atoms with Crippen LogP contribution in [0.5, 0.6) is 0 Å². The van der Waals surface area contributed by atoms with Crippen LogP contribution in [0, 0.1) is 0 Å². The van der Waals surface area contributed by atoms with Gasteiger partial charge < -0.3 is 80.3 Å². The van der Waals surface area contributed by atoms with E-state index in [0.29, 0.717) is 125 Å². The molecule has 0 aromatic heterocycles. The fourth-order valence-electron chi connectivity index (χ4n) is 6.01. The number of nitrogens with one attached hydrogen (secondary N) is 3. The molecule has 9 N–H and O–H groups in total. The zero-order valence-electron chi connectivity index (χ0n) is 47.5. The lowest BCUT2D eigenvalue weighted by Gasteiger charge is -2.09. The van der Waals surface area contributed by atoms with Crippen LogP contribution in [0.2, 0.25) is 0 Å². The Kier molecular flexibility index (Phi) is 77.0. The molecule has 75 heavy (non-hydrogen) atoms. The number of nitrogens with two attached hydrogens (primary N) is 2. The first kappa shape index (κ1) is 80.0. The molecule has 0 saturated heterocycles. The summed E-state index contributed by atoms with van der Waals surface area (Å²) in [7, 11) is 1.50. The molecule has 0 unspecified atom stereocenters. The number of aliphatic carboxylic acids is 2. The number of hydrogen-bond acceptors (Lipinski definition) is 16. The largest absolute Gasteiger partial charge is 0.481 e. The van der Waals surface area contributed by atoms with Gasteiger partial charge in [-0.25, -0.2) is 0 Å². The molecule has 0 bridgehead atoms. The SMILES string of the molecule is CC.CC.CC(=O)CCCCCNC(=O)COCCOCCNC(=O)COCCOCCOCCOCCOCCOCCNC(=O)CCCC(=O)O.CN.NC(=O)CCCCCCCCCCCCCCC(=O)O. The third-order valence-electron chi connectivity index (χ3n) is 9.72. The molecule has 0 aliphatic rings. The van der Waals surface area contributed by atoms with E-state index >= 15 is 0 Å². The first-order valence-corrected chi connectivity index (χ1v) is 27.6. The van der Waals surface area contributed by atoms with Gasteiger partial charge in [-0.05, 0) is 46.1 Å². The van der Waals surface area contributed by atoms with E-state index in [2.05, 4.69) is 21.7 Å². The number of rotatable bonds is 53. The minimum absolute atomic E-state index is 0.0200. The maximum absolute atomic E-state index is 11.8. The number of carbonyl (C=O) groups is 7. The average molecular weight is 1090 g/mol. The summed E-state index contributed by atoms with van der Waals surface area (Å²) in [6, 6.07) is 0. The van der Waals surface area contributed by atoms with Crippen molar-refractivity contribution in [2.75, 3.05) is 132 Å². The number of ketones is 1. The van der Waals surface area contributed by atoms with Crippen LogP contribution in [0.4, 0.5) is 0 Å². The van der Waals surface area contributed by atoms with Gasteiger partial charge in [0.05, 0.1) is 92.5 Å². The first-order chi connectivity index (χ1) is 36.4. The molecule has 0 saturated carbocycles. The molecule has 0 fully saturated rings. The minimum atomic E-state index is -0.912. The van der Waals surface area contributed by atoms with Crippen LogP contribution in [-0.2, 0) is 71.5 Å². The second-order valence-corrected chi connectivity index (χ2v) is 16.2. The summed E-state index contributed by atoms with van der Waals surface area (Å²) >= 11 is 0. The third-order valence-corrected chi connectivity index (χ3v) is 9.72. The number of carboxylic acid groups (broad SMARTS) is 2. The summed E-state index contributed by atoms with van der Waals surface area (Å²) in [5, 5.41) is 25.1. The van der Waals surface area contributed by atoms with Crippen LogP contribution in [-0.4, -0.2) is 184 Å². The molecule has 22 heteroatoms. The predicted molar refractivity (Wildman–Crippen MR) is 290 cm³/mol. The Labute approximate surface area is 451 Å². The number of Topliss-reactive ketones (excluding diaryl/α,β-unsaturated/α-hetero) is 1. The summed E-state index contributed by atoms with van der Waals surface area (Å²) in [6.07, 6.45) is 18.4. The summed E-state index contributed by atoms with van der Waals surface area (Å²) in [5.41, 5.74) is 9.58. The van der Waals surface area contributed by atoms with Crippen molar-refractivity contribution in [3.63, 3.8) is 0 Å². The van der Waals surface area contributed by atoms with Crippen LogP contribution in [0.1, 0.15) is 169 Å². The Balaban J connectivity index is -0.000000521. The average Bonchev–Trinajstić information content (AvgIpc) is 3.39. The van der Waals surface area contributed by atoms with Gasteiger partial charge >= 0.3 is 11.9 Å². The molecular formula is C53H107N5O17. The summed E-state index contributed by atoms with van der Waals surface area (Å²) in [6.45, 7) is 15.8. The van der Waals surface area contributed by atoms with Crippen molar-refractivity contribution in [2.24, 2.45) is 11.5 Å². The van der Waals surface area contributed by atoms with Crippen molar-refractivity contribution in [1.82, 2.24) is 16.0 Å². The van der Waals surface area contributed by atoms with Gasteiger partial charge in [0.1, 0.15) is 19.0 Å². The maximum atomic E-state index is 11.8. The van der Waals surface area contributed by atoms with Crippen molar-refractivity contribution < 1.29 is 81.7 Å². The number of ether oxygens (including phenoxy) is 8. The quantitative estimate of drug-likeness (QED) is 0.0369. The number of primary amides is 1. The molecule has 4 amide bonds. The number of hydrogen-bond donors (Lipinski definition) is 7. The highest BCUT2D eigenvalue weighted by Gasteiger charge is 2.05. The van der Waals surface area contributed by atoms with Crippen molar-refractivity contribution >= 4 is 41.4 Å². The van der Waals surface area contributed by atoms with Crippen molar-refractivity contribution in [3.05, 3.63) is 0 Å². The molecule has 0 aromatic rings. The molecule has 0 radical (unpaired) electrons. The van der Waals surface area contributed by atoms with Crippen LogP contribution in [0.25, 0.3) is 0 Å². The summed E-state index contributed by atoms with van der Waals surface area (Å²) in [5.74, 6) is -2.23. The molecule has 0 aromatic carbocycles. The first-order valence-electron chi connectivity index (χ1n) is 27.6. The molecular weight excluding hydrogens is 979 g/mol. The Morgan fingerprint density at radius 2 is 0.613 bits per heavy atom. The van der Waals surface area contributed by atoms with Gasteiger partial charge in [0.15, 0.2) is 0 Å². The van der Waals surface area contributed by atoms with Crippen molar-refractivity contribution in [2.45, 2.75) is 169 Å². The Bertz CT molecular complexity index is 1240. The minimum Gasteiger partial charge on any atom is -0.481 e. The topological polar surface area (TPSA) is 322 Å². The normalized spacial score (nSPS) is 10.2. The Morgan fingerprint density at radius 3 is 0.973 bits per heavy atom. The lowest BCUT2D eigenvalue weighted by Crippen LogP contribution is -2.31. The smallest absolute Gasteiger partial charge is 0.303 e. The van der Waals surface area contributed by atoms with Crippen LogP contribution in [0.15, 0.2) is 0 Å². The lowest BCUT2D eigenvalue weighted by molar-refractivity contribution is -0.138. The molecule has 446 valence electrons. The fourth-order valence-corrected chi connectivity index (χ4v) is 6.01. The maximum Gasteiger partial charge on any atom is 0.303 e. The van der Waals surface area contributed by atoms with Gasteiger partial charge in [-0.1, -0.05) is 98.3 Å². The monoisotopic (exact) mass is 1090 g/mol. The van der Waals surface area contributed by atoms with Gasteiger partial charge in [-0.3, -0.25) is 28.8 Å². The molecule has 0 aliphatic heterocycles. The van der Waals surface area contributed by atoms with Gasteiger partial charge in [0.25, 0.3) is 0 Å². The predicted octanol–water partition coefficient (Wildman–Crippen LogP) is 5.52. The van der Waals surface area contributed by atoms with E-state index in [-0.39, 0.29) is 68.7 Å². The van der Waals surface area contributed by atoms with E-state index in [4.69, 9.17) is 53.8 Å². The van der Waals surface area contributed by atoms with E-state index in [1.54, 1.807) is 6.92 Å². The third kappa shape index (κ3) is 84.3. The Hall–Kier alpha value is -3.87. The number of unbranched alkanes of at least 4 members (excludes halogenated alkanes) is 13. The molecule has 0 aliphatic carbocycles. The fraction of sp³-hybridized carbons (Fsp3) is 0.868. The molecule has 0 heterocycles. The standard InChI is InChI=1S/C32H59N3O14.C16H31NO3.2C2H6.CH5N/c1-28(36)6-3-2-4-9-33-30(38)26-48-24-22-43-13-11-35-31(39)27-49-25-23-47-21-20-46-19-18-45-17-16-44-15-14-42-12-10-34-29(37)7-5-8-32(40)41;17-15(18)13-11-9-7-5-3-1-2-4-6-8-10-12-14-16(19)20;3*1-2/h2-27H2,1H3,(H,33,38)(H,34,37)(H,35,39)(H,40,41);1-14H2,(H2,17,18)(H,19,20);2*1-2H3;2H2,1H3. The lowest BCUT2D eigenvalue weighted by atomic mass is 10.0. The molecule has 0 spiro atoms. The highest BCUT2D eigenvalue weighted by Crippen LogP contribution is 2.13. The molecule has 0 rings (SSSR count). The van der Waals surface area contributed by atoms with Gasteiger partial charge in [-0.15, -0.1) is 0 Å². The van der Waals surface area contributed by atoms with E-state index in [0.717, 1.165) is 44.9 Å². The molecule has 22 nitrogen and oxygen atoms in total. The van der Waals surface area contributed by atoms with Crippen molar-refractivity contribution in [1.29, 1.82) is 0 Å². The zero-order valence-corrected chi connectivity index (χ0v) is 47.5. The second-order valence-electron chi connectivity index (χ2n) is 16.2. The van der Waals surface area contributed by atoms with E-state index in [1.165, 1.54) is 58.4 Å². The van der Waals surface area contributed by atoms with Gasteiger partial charge in [0.2, 0.25) is 23.6 Å². The summed E-state index contributed by atoms with van der Waals surface area (Å²) < 4.78 is 42.9. The number of carbonyl (C=O) groups excluding carboxylic acids is 5. The van der Waals surface area contributed by atoms with E-state index in [1.807, 2.05) is 27.7 Å². The zero-order chi connectivity index (χ0) is 57.1. The van der Waals surface area contributed by atoms with Crippen molar-refractivity contribution in [3.8, 4) is 0 Å². The van der Waals surface area contributed by atoms with Crippen LogP contribution in [0.3, 0.4) is 0 Å². The van der Waals surface area contributed by atoms with Gasteiger partial charge in [-0.2, -0.15) is 0 Å². The van der Waals surface area contributed by atoms with Gasteiger partial charge in [0, 0.05) is 51.7 Å². The summed E-state index contributed by atoms with van der Waals surface area (Å²) in [4.78, 5) is 77.0.